The van der Waals surface area contributed by atoms with Crippen LogP contribution in [0.15, 0.2) is 23.2 Å². The number of aryl methyl sites for hydroxylation is 1. The van der Waals surface area contributed by atoms with Gasteiger partial charge in [0.15, 0.2) is 5.96 Å². The van der Waals surface area contributed by atoms with E-state index in [4.69, 9.17) is 4.74 Å². The Kier molecular flexibility index (Phi) is 9.15. The van der Waals surface area contributed by atoms with Gasteiger partial charge in [-0.25, -0.2) is 0 Å². The molecule has 1 unspecified atom stereocenters. The van der Waals surface area contributed by atoms with Gasteiger partial charge in [-0.2, -0.15) is 0 Å². The van der Waals surface area contributed by atoms with Crippen LogP contribution in [-0.4, -0.2) is 49.7 Å². The van der Waals surface area contributed by atoms with Gasteiger partial charge >= 0.3 is 0 Å². The molecule has 0 aromatic heterocycles. The summed E-state index contributed by atoms with van der Waals surface area (Å²) in [6, 6.07) is 7.69. The number of nitrogens with one attached hydrogen (secondary N) is 2. The maximum atomic E-state index is 5.62. The number of ether oxygens (including phenoxy) is 1. The zero-order valence-corrected chi connectivity index (χ0v) is 19.3. The van der Waals surface area contributed by atoms with Crippen molar-refractivity contribution < 1.29 is 4.74 Å². The maximum Gasteiger partial charge on any atom is 0.191 e. The van der Waals surface area contributed by atoms with Crippen molar-refractivity contribution in [2.24, 2.45) is 4.99 Å². The fraction of sp³-hybridized carbons (Fsp3) is 0.667. The van der Waals surface area contributed by atoms with E-state index in [0.29, 0.717) is 12.6 Å². The third kappa shape index (κ3) is 6.24. The third-order valence-corrected chi connectivity index (χ3v) is 5.62. The Balaban J connectivity index is 0.00000261. The van der Waals surface area contributed by atoms with Gasteiger partial charge < -0.3 is 15.4 Å². The fourth-order valence-electron chi connectivity index (χ4n) is 4.22. The van der Waals surface area contributed by atoms with Gasteiger partial charge in [0.25, 0.3) is 0 Å². The number of hydrogen-bond donors (Lipinski definition) is 2. The molecule has 1 aromatic carbocycles. The Bertz CT molecular complexity index is 616. The molecule has 152 valence electrons. The largest absolute Gasteiger partial charge is 0.494 e. The molecule has 0 radical (unpaired) electrons. The molecule has 1 aromatic rings. The summed E-state index contributed by atoms with van der Waals surface area (Å²) in [6.45, 7) is 7.95. The minimum Gasteiger partial charge on any atom is -0.494 e. The molecule has 2 aliphatic rings. The number of nitrogens with zero attached hydrogens (tertiary/aromatic N) is 2. The van der Waals surface area contributed by atoms with Crippen LogP contribution in [-0.2, 0) is 6.54 Å². The minimum atomic E-state index is 0. The molecule has 1 saturated heterocycles. The van der Waals surface area contributed by atoms with Gasteiger partial charge in [0.05, 0.1) is 6.61 Å². The third-order valence-electron chi connectivity index (χ3n) is 5.62. The molecule has 0 amide bonds. The summed E-state index contributed by atoms with van der Waals surface area (Å²) in [5.41, 5.74) is 2.42. The first-order valence-corrected chi connectivity index (χ1v) is 10.1. The standard InChI is InChI=1S/C21H34N4O.HI/c1-4-26-20-10-9-17(13-16(20)2)14-23-21(22-3)24-18-11-12-25(15-18)19-7-5-6-8-19;/h9-10,13,18-19H,4-8,11-12,14-15H2,1-3H3,(H2,22,23,24);1H. The molecule has 1 heterocycles. The average molecular weight is 486 g/mol. The van der Waals surface area contributed by atoms with Gasteiger partial charge in [0.2, 0.25) is 0 Å². The van der Waals surface area contributed by atoms with E-state index in [9.17, 15) is 0 Å². The van der Waals surface area contributed by atoms with Crippen LogP contribution in [0.2, 0.25) is 0 Å². The minimum absolute atomic E-state index is 0. The fourth-order valence-corrected chi connectivity index (χ4v) is 4.22. The highest BCUT2D eigenvalue weighted by Crippen LogP contribution is 2.26. The average Bonchev–Trinajstić information content (AvgIpc) is 3.32. The van der Waals surface area contributed by atoms with E-state index in [1.54, 1.807) is 0 Å². The molecule has 27 heavy (non-hydrogen) atoms. The van der Waals surface area contributed by atoms with Crippen molar-refractivity contribution in [3.05, 3.63) is 29.3 Å². The van der Waals surface area contributed by atoms with E-state index in [1.165, 1.54) is 49.8 Å². The Morgan fingerprint density at radius 3 is 2.70 bits per heavy atom. The molecule has 2 N–H and O–H groups in total. The second-order valence-corrected chi connectivity index (χ2v) is 7.52. The van der Waals surface area contributed by atoms with E-state index in [2.05, 4.69) is 45.6 Å². The van der Waals surface area contributed by atoms with Crippen molar-refractivity contribution in [3.8, 4) is 5.75 Å². The Labute approximate surface area is 181 Å². The van der Waals surface area contributed by atoms with E-state index < -0.39 is 0 Å². The van der Waals surface area contributed by atoms with Crippen LogP contribution in [0.4, 0.5) is 0 Å². The lowest BCUT2D eigenvalue weighted by molar-refractivity contribution is 0.242. The van der Waals surface area contributed by atoms with Gasteiger partial charge in [-0.3, -0.25) is 9.89 Å². The highest BCUT2D eigenvalue weighted by atomic mass is 127. The topological polar surface area (TPSA) is 48.9 Å². The molecule has 0 bridgehead atoms. The summed E-state index contributed by atoms with van der Waals surface area (Å²) >= 11 is 0. The van der Waals surface area contributed by atoms with Crippen molar-refractivity contribution in [1.82, 2.24) is 15.5 Å². The summed E-state index contributed by atoms with van der Waals surface area (Å²) in [5.74, 6) is 1.87. The van der Waals surface area contributed by atoms with E-state index >= 15 is 0 Å². The Hall–Kier alpha value is -1.02. The highest BCUT2D eigenvalue weighted by Gasteiger charge is 2.30. The first-order chi connectivity index (χ1) is 12.7. The zero-order chi connectivity index (χ0) is 18.4. The number of hydrogen-bond acceptors (Lipinski definition) is 3. The van der Waals surface area contributed by atoms with Gasteiger partial charge in [-0.1, -0.05) is 25.0 Å². The van der Waals surface area contributed by atoms with Crippen molar-refractivity contribution in [3.63, 3.8) is 0 Å². The van der Waals surface area contributed by atoms with Crippen molar-refractivity contribution >= 4 is 29.9 Å². The molecule has 2 fully saturated rings. The number of rotatable bonds is 6. The molecular weight excluding hydrogens is 451 g/mol. The van der Waals surface area contributed by atoms with E-state index in [-0.39, 0.29) is 24.0 Å². The quantitative estimate of drug-likeness (QED) is 0.366. The molecule has 1 aliphatic carbocycles. The van der Waals surface area contributed by atoms with Crippen molar-refractivity contribution in [1.29, 1.82) is 0 Å². The Morgan fingerprint density at radius 2 is 2.04 bits per heavy atom. The monoisotopic (exact) mass is 486 g/mol. The van der Waals surface area contributed by atoms with E-state index in [1.807, 2.05) is 14.0 Å². The van der Waals surface area contributed by atoms with Crippen LogP contribution in [0.25, 0.3) is 0 Å². The molecule has 3 rings (SSSR count). The second kappa shape index (κ2) is 11.1. The van der Waals surface area contributed by atoms with Crippen molar-refractivity contribution in [2.45, 2.75) is 64.6 Å². The number of halogens is 1. The summed E-state index contributed by atoms with van der Waals surface area (Å²) < 4.78 is 5.62. The molecular formula is C21H35IN4O. The lowest BCUT2D eigenvalue weighted by Crippen LogP contribution is -2.45. The first kappa shape index (κ1) is 22.3. The zero-order valence-electron chi connectivity index (χ0n) is 17.0. The number of aliphatic imine (C=N–C) groups is 1. The van der Waals surface area contributed by atoms with Crippen LogP contribution >= 0.6 is 24.0 Å². The van der Waals surface area contributed by atoms with Gasteiger partial charge in [-0.15, -0.1) is 24.0 Å². The molecule has 0 spiro atoms. The number of likely N-dealkylation sites (tertiary alicyclic amines) is 1. The molecule has 5 nitrogen and oxygen atoms in total. The lowest BCUT2D eigenvalue weighted by atomic mass is 10.1. The number of benzene rings is 1. The molecule has 1 aliphatic heterocycles. The summed E-state index contributed by atoms with van der Waals surface area (Å²) in [6.07, 6.45) is 6.79. The van der Waals surface area contributed by atoms with Crippen molar-refractivity contribution in [2.75, 3.05) is 26.7 Å². The van der Waals surface area contributed by atoms with Gasteiger partial charge in [0, 0.05) is 38.8 Å². The predicted octanol–water partition coefficient (Wildman–Crippen LogP) is 3.69. The molecule has 1 atom stereocenters. The van der Waals surface area contributed by atoms with Gasteiger partial charge in [0.1, 0.15) is 5.75 Å². The summed E-state index contributed by atoms with van der Waals surface area (Å²) in [4.78, 5) is 7.08. The second-order valence-electron chi connectivity index (χ2n) is 7.52. The molecule has 1 saturated carbocycles. The SMILES string of the molecule is CCOc1ccc(CNC(=NC)NC2CCN(C3CCCC3)C2)cc1C.I. The van der Waals surface area contributed by atoms with Crippen LogP contribution < -0.4 is 15.4 Å². The normalized spacial score (nSPS) is 21.1. The van der Waals surface area contributed by atoms with Crippen LogP contribution in [0.1, 0.15) is 50.2 Å². The van der Waals surface area contributed by atoms with Gasteiger partial charge in [-0.05, 0) is 50.3 Å². The predicted molar refractivity (Wildman–Crippen MR) is 123 cm³/mol. The lowest BCUT2D eigenvalue weighted by Gasteiger charge is -2.24. The smallest absolute Gasteiger partial charge is 0.191 e. The number of guanidine groups is 1. The Morgan fingerprint density at radius 1 is 1.26 bits per heavy atom. The van der Waals surface area contributed by atoms with Crippen LogP contribution in [0.5, 0.6) is 5.75 Å². The molecule has 6 heteroatoms. The summed E-state index contributed by atoms with van der Waals surface area (Å²) in [7, 11) is 1.85. The first-order valence-electron chi connectivity index (χ1n) is 10.1. The van der Waals surface area contributed by atoms with Crippen LogP contribution in [0.3, 0.4) is 0 Å². The maximum absolute atomic E-state index is 5.62. The van der Waals surface area contributed by atoms with Crippen LogP contribution in [0, 0.1) is 6.92 Å². The highest BCUT2D eigenvalue weighted by molar-refractivity contribution is 14.0. The summed E-state index contributed by atoms with van der Waals surface area (Å²) in [5, 5.41) is 7.06. The van der Waals surface area contributed by atoms with E-state index in [0.717, 1.165) is 30.8 Å².